The Bertz CT molecular complexity index is 4460. The summed E-state index contributed by atoms with van der Waals surface area (Å²) in [5.41, 5.74) is 10.3. The molecule has 0 N–H and O–H groups in total. The van der Waals surface area contributed by atoms with Crippen molar-refractivity contribution in [2.75, 3.05) is 0 Å². The molecule has 0 unspecified atom stereocenters. The normalized spacial score (nSPS) is 12.2. The summed E-state index contributed by atoms with van der Waals surface area (Å²) < 4.78 is 7.97. The highest BCUT2D eigenvalue weighted by atomic mass is 32.1. The summed E-state index contributed by atoms with van der Waals surface area (Å²) in [7, 11) is 0. The van der Waals surface area contributed by atoms with Crippen LogP contribution in [0.4, 0.5) is 0 Å². The summed E-state index contributed by atoms with van der Waals surface area (Å²) in [5, 5.41) is 18.2. The average Bonchev–Trinajstić information content (AvgIpc) is 4.09. The zero-order valence-corrected chi connectivity index (χ0v) is 38.5. The Kier molecular flexibility index (Phi) is 8.08. The predicted molar refractivity (Wildman–Crippen MR) is 297 cm³/mol. The highest BCUT2D eigenvalue weighted by Crippen LogP contribution is 2.52. The Hall–Kier alpha value is -7.66. The summed E-state index contributed by atoms with van der Waals surface area (Å²) >= 11 is 5.74. The lowest BCUT2D eigenvalue weighted by molar-refractivity contribution is 1.71. The molecule has 15 aromatic rings. The van der Waals surface area contributed by atoms with E-state index in [9.17, 15) is 0 Å². The lowest BCUT2D eigenvalue weighted by Crippen LogP contribution is -1.91. The molecule has 0 atom stereocenters. The monoisotopic (exact) mass is 900 g/mol. The Morgan fingerprint density at radius 2 is 0.478 bits per heavy atom. The summed E-state index contributed by atoms with van der Waals surface area (Å²) in [6.45, 7) is 0. The van der Waals surface area contributed by atoms with Crippen molar-refractivity contribution in [3.8, 4) is 44.5 Å². The maximum Gasteiger partial charge on any atom is 0.0434 e. The molecule has 0 bridgehead atoms. The molecule has 0 aliphatic heterocycles. The van der Waals surface area contributed by atoms with Gasteiger partial charge in [-0.3, -0.25) is 0 Å². The van der Waals surface area contributed by atoms with E-state index in [0.717, 1.165) is 0 Å². The van der Waals surface area contributed by atoms with E-state index < -0.39 is 0 Å². The molecule has 67 heavy (non-hydrogen) atoms. The highest BCUT2D eigenvalue weighted by Gasteiger charge is 2.23. The molecular formula is C64H36S3. The van der Waals surface area contributed by atoms with Crippen LogP contribution in [-0.4, -0.2) is 0 Å². The van der Waals surface area contributed by atoms with Crippen LogP contribution in [0.15, 0.2) is 218 Å². The minimum atomic E-state index is 1.24. The number of benzene rings is 12. The van der Waals surface area contributed by atoms with Gasteiger partial charge in [0.05, 0.1) is 0 Å². The van der Waals surface area contributed by atoms with Crippen molar-refractivity contribution in [1.82, 2.24) is 0 Å². The Labute approximate surface area is 397 Å². The van der Waals surface area contributed by atoms with E-state index in [0.29, 0.717) is 0 Å². The van der Waals surface area contributed by atoms with Gasteiger partial charge in [-0.15, -0.1) is 34.0 Å². The van der Waals surface area contributed by atoms with Gasteiger partial charge in [-0.05, 0) is 95.2 Å². The first kappa shape index (κ1) is 37.5. The molecule has 0 nitrogen and oxygen atoms in total. The largest absolute Gasteiger partial charge is 0.135 e. The van der Waals surface area contributed by atoms with Gasteiger partial charge < -0.3 is 0 Å². The van der Waals surface area contributed by atoms with Crippen LogP contribution in [0.2, 0.25) is 0 Å². The minimum absolute atomic E-state index is 1.24. The molecule has 3 heterocycles. The Morgan fingerprint density at radius 1 is 0.194 bits per heavy atom. The minimum Gasteiger partial charge on any atom is -0.135 e. The molecule has 0 saturated carbocycles. The smallest absolute Gasteiger partial charge is 0.0434 e. The molecule has 0 amide bonds. The van der Waals surface area contributed by atoms with E-state index in [4.69, 9.17) is 0 Å². The first-order valence-electron chi connectivity index (χ1n) is 22.9. The van der Waals surface area contributed by atoms with E-state index in [1.165, 1.54) is 148 Å². The fourth-order valence-corrected chi connectivity index (χ4v) is 15.1. The van der Waals surface area contributed by atoms with Gasteiger partial charge in [-0.25, -0.2) is 0 Å². The topological polar surface area (TPSA) is 0 Å². The number of hydrogen-bond donors (Lipinski definition) is 0. The molecule has 0 saturated heterocycles. The maximum absolute atomic E-state index is 2.48. The Morgan fingerprint density at radius 3 is 0.851 bits per heavy atom. The van der Waals surface area contributed by atoms with Gasteiger partial charge in [-0.2, -0.15) is 0 Å². The first-order valence-corrected chi connectivity index (χ1v) is 25.4. The number of thiophene rings is 3. The van der Waals surface area contributed by atoms with E-state index in [2.05, 4.69) is 218 Å². The molecule has 0 aliphatic carbocycles. The Balaban J connectivity index is 0.956. The van der Waals surface area contributed by atoms with Gasteiger partial charge in [0.15, 0.2) is 0 Å². The van der Waals surface area contributed by atoms with Crippen molar-refractivity contribution >= 4 is 138 Å². The van der Waals surface area contributed by atoms with Gasteiger partial charge in [0.2, 0.25) is 0 Å². The van der Waals surface area contributed by atoms with Gasteiger partial charge >= 0.3 is 0 Å². The number of rotatable bonds is 4. The fraction of sp³-hybridized carbons (Fsp3) is 0. The van der Waals surface area contributed by atoms with Crippen LogP contribution >= 0.6 is 34.0 Å². The van der Waals surface area contributed by atoms with E-state index in [-0.39, 0.29) is 0 Å². The second-order valence-corrected chi connectivity index (χ2v) is 20.9. The molecule has 0 radical (unpaired) electrons. The van der Waals surface area contributed by atoms with Crippen LogP contribution in [0.5, 0.6) is 0 Å². The molecule has 12 aromatic carbocycles. The second-order valence-electron chi connectivity index (χ2n) is 17.7. The first-order chi connectivity index (χ1) is 33.3. The molecule has 3 heteroatoms. The van der Waals surface area contributed by atoms with Gasteiger partial charge in [0, 0.05) is 77.2 Å². The third-order valence-electron chi connectivity index (χ3n) is 14.3. The van der Waals surface area contributed by atoms with Crippen LogP contribution in [0, 0.1) is 0 Å². The van der Waals surface area contributed by atoms with Gasteiger partial charge in [0.25, 0.3) is 0 Å². The van der Waals surface area contributed by atoms with E-state index in [1.54, 1.807) is 0 Å². The SMILES string of the molecule is c1ccc2c(c1)sc1c(-c3c4ccccc4c(-c4ccc5sc6c(-c7c8ccccc8c(-c8cccc9c8sc8ccccc89)c8ccccc78)cccc6c5c4)c4ccccc34)cccc12. The van der Waals surface area contributed by atoms with Crippen molar-refractivity contribution in [1.29, 1.82) is 0 Å². The lowest BCUT2D eigenvalue weighted by Gasteiger charge is -2.18. The van der Waals surface area contributed by atoms with Gasteiger partial charge in [-0.1, -0.05) is 194 Å². The molecule has 0 spiro atoms. The van der Waals surface area contributed by atoms with Crippen LogP contribution < -0.4 is 0 Å². The molecule has 0 aliphatic rings. The molecular weight excluding hydrogens is 865 g/mol. The molecule has 15 rings (SSSR count). The third-order valence-corrected chi connectivity index (χ3v) is 17.9. The second kappa shape index (κ2) is 14.4. The maximum atomic E-state index is 2.48. The van der Waals surface area contributed by atoms with Crippen molar-refractivity contribution in [2.45, 2.75) is 0 Å². The molecule has 0 fully saturated rings. The van der Waals surface area contributed by atoms with Crippen molar-refractivity contribution < 1.29 is 0 Å². The summed E-state index contributed by atoms with van der Waals surface area (Å²) in [6, 6.07) is 82.0. The van der Waals surface area contributed by atoms with Gasteiger partial charge in [0.1, 0.15) is 0 Å². The summed E-state index contributed by atoms with van der Waals surface area (Å²) in [6.07, 6.45) is 0. The summed E-state index contributed by atoms with van der Waals surface area (Å²) in [5.74, 6) is 0. The quantitative estimate of drug-likeness (QED) is 0.154. The van der Waals surface area contributed by atoms with Crippen LogP contribution in [0.3, 0.4) is 0 Å². The van der Waals surface area contributed by atoms with Crippen LogP contribution in [0.1, 0.15) is 0 Å². The zero-order chi connectivity index (χ0) is 43.7. The molecule has 310 valence electrons. The fourth-order valence-electron chi connectivity index (χ4n) is 11.5. The summed E-state index contributed by atoms with van der Waals surface area (Å²) in [4.78, 5) is 0. The van der Waals surface area contributed by atoms with E-state index >= 15 is 0 Å². The van der Waals surface area contributed by atoms with Crippen molar-refractivity contribution in [2.24, 2.45) is 0 Å². The van der Waals surface area contributed by atoms with Crippen molar-refractivity contribution in [3.63, 3.8) is 0 Å². The number of hydrogen-bond acceptors (Lipinski definition) is 3. The standard InChI is InChI=1S/C64H36S3/c1-3-20-42-40(18-1)58(41-19-2-4-21-43(41)59(42)51-29-13-26-48-38-16-9-11-32-55(38)65-62(48)51)37-34-35-57-54(36-37)50-28-15-31-53(64(50)67-57)61-46-24-7-5-22-44(46)60(45-23-6-8-25-47(45)61)52-30-14-27-49-39-17-10-12-33-56(39)66-63(49)52/h1-36H. The van der Waals surface area contributed by atoms with Crippen LogP contribution in [-0.2, 0) is 0 Å². The third kappa shape index (κ3) is 5.39. The predicted octanol–water partition coefficient (Wildman–Crippen LogP) is 20.1. The number of fused-ring (bicyclic) bond motifs is 13. The molecule has 3 aromatic heterocycles. The van der Waals surface area contributed by atoms with Crippen LogP contribution in [0.25, 0.3) is 148 Å². The lowest BCUT2D eigenvalue weighted by atomic mass is 9.85. The average molecular weight is 901 g/mol. The zero-order valence-electron chi connectivity index (χ0n) is 36.0. The van der Waals surface area contributed by atoms with Crippen molar-refractivity contribution in [3.05, 3.63) is 218 Å². The van der Waals surface area contributed by atoms with E-state index in [1.807, 2.05) is 34.0 Å². The highest BCUT2D eigenvalue weighted by molar-refractivity contribution is 7.27.